The number of aromatic nitrogens is 1. The molecule has 186 valence electrons. The van der Waals surface area contributed by atoms with Crippen molar-refractivity contribution in [3.63, 3.8) is 0 Å². The number of aryl methyl sites for hydroxylation is 1. The van der Waals surface area contributed by atoms with Gasteiger partial charge in [0.25, 0.3) is 16.1 Å². The molecule has 0 bridgehead atoms. The molecule has 3 rings (SSSR count). The van der Waals surface area contributed by atoms with Crippen molar-refractivity contribution in [2.24, 2.45) is 5.92 Å². The summed E-state index contributed by atoms with van der Waals surface area (Å²) in [5.74, 6) is -0.745. The summed E-state index contributed by atoms with van der Waals surface area (Å²) in [6.45, 7) is 4.49. The Labute approximate surface area is 210 Å². The molecule has 34 heavy (non-hydrogen) atoms. The van der Waals surface area contributed by atoms with Crippen LogP contribution in [0.15, 0.2) is 53.3 Å². The SMILES string of the molecule is CC(C)C(C(=O)NO)N(CCCc1cccnc1)S(=O)(=O)N1CCC(c2ccc(Br)cc2)CC1. The third kappa shape index (κ3) is 6.63. The van der Waals surface area contributed by atoms with Crippen LogP contribution in [0.3, 0.4) is 0 Å². The van der Waals surface area contributed by atoms with Crippen LogP contribution in [0.2, 0.25) is 0 Å². The summed E-state index contributed by atoms with van der Waals surface area (Å²) >= 11 is 3.45. The number of hydrogen-bond acceptors (Lipinski definition) is 5. The molecular weight excluding hydrogens is 520 g/mol. The number of carbonyl (C=O) groups is 1. The van der Waals surface area contributed by atoms with Gasteiger partial charge >= 0.3 is 0 Å². The lowest BCUT2D eigenvalue weighted by Crippen LogP contribution is -2.57. The van der Waals surface area contributed by atoms with Crippen molar-refractivity contribution >= 4 is 32.0 Å². The summed E-state index contributed by atoms with van der Waals surface area (Å²) in [6, 6.07) is 10.9. The number of hydrogen-bond donors (Lipinski definition) is 2. The van der Waals surface area contributed by atoms with Crippen molar-refractivity contribution in [3.05, 3.63) is 64.4 Å². The topological polar surface area (TPSA) is 103 Å². The molecule has 1 amide bonds. The van der Waals surface area contributed by atoms with Gasteiger partial charge in [-0.2, -0.15) is 17.0 Å². The van der Waals surface area contributed by atoms with E-state index >= 15 is 0 Å². The van der Waals surface area contributed by atoms with Crippen LogP contribution >= 0.6 is 15.9 Å². The molecule has 0 aliphatic carbocycles. The van der Waals surface area contributed by atoms with Gasteiger partial charge in [0.15, 0.2) is 0 Å². The highest BCUT2D eigenvalue weighted by atomic mass is 79.9. The largest absolute Gasteiger partial charge is 0.289 e. The van der Waals surface area contributed by atoms with Crippen LogP contribution < -0.4 is 5.48 Å². The van der Waals surface area contributed by atoms with Gasteiger partial charge in [-0.15, -0.1) is 0 Å². The highest BCUT2D eigenvalue weighted by Gasteiger charge is 2.41. The quantitative estimate of drug-likeness (QED) is 0.345. The van der Waals surface area contributed by atoms with E-state index in [4.69, 9.17) is 0 Å². The van der Waals surface area contributed by atoms with Crippen LogP contribution in [0.5, 0.6) is 0 Å². The fourth-order valence-corrected chi connectivity index (χ4v) is 6.74. The molecular formula is C24H33BrN4O4S. The first-order valence-corrected chi connectivity index (χ1v) is 13.8. The molecule has 1 atom stereocenters. The van der Waals surface area contributed by atoms with E-state index in [9.17, 15) is 18.4 Å². The number of pyridine rings is 1. The zero-order chi connectivity index (χ0) is 24.7. The van der Waals surface area contributed by atoms with E-state index in [2.05, 4.69) is 33.0 Å². The van der Waals surface area contributed by atoms with E-state index in [1.807, 2.05) is 24.3 Å². The summed E-state index contributed by atoms with van der Waals surface area (Å²) in [5.41, 5.74) is 3.87. The predicted octanol–water partition coefficient (Wildman–Crippen LogP) is 3.73. The maximum absolute atomic E-state index is 13.8. The Balaban J connectivity index is 1.76. The molecule has 2 N–H and O–H groups in total. The number of nitrogens with one attached hydrogen (secondary N) is 1. The van der Waals surface area contributed by atoms with E-state index in [0.717, 1.165) is 10.0 Å². The van der Waals surface area contributed by atoms with Gasteiger partial charge in [-0.3, -0.25) is 15.0 Å². The molecule has 0 spiro atoms. The first kappa shape index (κ1) is 26.7. The second kappa shape index (κ2) is 12.2. The molecule has 1 aliphatic heterocycles. The summed E-state index contributed by atoms with van der Waals surface area (Å²) in [5, 5.41) is 9.32. The molecule has 10 heteroatoms. The van der Waals surface area contributed by atoms with Gasteiger partial charge in [-0.1, -0.05) is 48.0 Å². The molecule has 2 aromatic rings. The average molecular weight is 554 g/mol. The molecule has 1 fully saturated rings. The van der Waals surface area contributed by atoms with Gasteiger partial charge in [0.2, 0.25) is 0 Å². The fraction of sp³-hybridized carbons (Fsp3) is 0.500. The van der Waals surface area contributed by atoms with Crippen LogP contribution in [0.25, 0.3) is 0 Å². The highest BCUT2D eigenvalue weighted by Crippen LogP contribution is 2.31. The minimum Gasteiger partial charge on any atom is -0.289 e. The third-order valence-corrected chi connectivity index (χ3v) is 8.85. The number of piperidine rings is 1. The number of rotatable bonds is 10. The van der Waals surface area contributed by atoms with Gasteiger partial charge in [0.1, 0.15) is 6.04 Å². The number of nitrogens with zero attached hydrogens (tertiary/aromatic N) is 3. The van der Waals surface area contributed by atoms with E-state index in [1.165, 1.54) is 14.2 Å². The van der Waals surface area contributed by atoms with Crippen molar-refractivity contribution < 1.29 is 18.4 Å². The summed E-state index contributed by atoms with van der Waals surface area (Å²) < 4.78 is 31.3. The number of hydroxylamine groups is 1. The van der Waals surface area contributed by atoms with Gasteiger partial charge in [0, 0.05) is 36.5 Å². The van der Waals surface area contributed by atoms with Crippen molar-refractivity contribution in [2.45, 2.75) is 51.5 Å². The molecule has 2 heterocycles. The summed E-state index contributed by atoms with van der Waals surface area (Å²) in [6.07, 6.45) is 6.04. The molecule has 0 saturated carbocycles. The number of amides is 1. The second-order valence-electron chi connectivity index (χ2n) is 8.97. The molecule has 1 unspecified atom stereocenters. The van der Waals surface area contributed by atoms with E-state index in [0.29, 0.717) is 44.7 Å². The van der Waals surface area contributed by atoms with Gasteiger partial charge in [0.05, 0.1) is 0 Å². The Morgan fingerprint density at radius 3 is 2.47 bits per heavy atom. The van der Waals surface area contributed by atoms with Crippen LogP contribution in [0, 0.1) is 5.92 Å². The maximum atomic E-state index is 13.8. The second-order valence-corrected chi connectivity index (χ2v) is 11.8. The summed E-state index contributed by atoms with van der Waals surface area (Å²) in [7, 11) is -3.92. The smallest absolute Gasteiger partial charge is 0.282 e. The Morgan fingerprint density at radius 2 is 1.91 bits per heavy atom. The van der Waals surface area contributed by atoms with Gasteiger partial charge < -0.3 is 0 Å². The zero-order valence-corrected chi connectivity index (χ0v) is 22.0. The third-order valence-electron chi connectivity index (χ3n) is 6.31. The van der Waals surface area contributed by atoms with Gasteiger partial charge in [-0.05, 0) is 66.8 Å². The van der Waals surface area contributed by atoms with Crippen LogP contribution in [0.1, 0.15) is 50.2 Å². The molecule has 1 saturated heterocycles. The highest BCUT2D eigenvalue weighted by molar-refractivity contribution is 9.10. The van der Waals surface area contributed by atoms with Crippen molar-refractivity contribution in [3.8, 4) is 0 Å². The number of carbonyl (C=O) groups excluding carboxylic acids is 1. The number of benzene rings is 1. The van der Waals surface area contributed by atoms with E-state index in [-0.39, 0.29) is 12.5 Å². The Hall–Kier alpha value is -1.85. The Kier molecular flexibility index (Phi) is 9.61. The predicted molar refractivity (Wildman–Crippen MR) is 134 cm³/mol. The normalized spacial score (nSPS) is 16.6. The maximum Gasteiger partial charge on any atom is 0.282 e. The minimum absolute atomic E-state index is 0.167. The lowest BCUT2D eigenvalue weighted by Gasteiger charge is -2.38. The first-order valence-electron chi connectivity index (χ1n) is 11.6. The summed E-state index contributed by atoms with van der Waals surface area (Å²) in [4.78, 5) is 16.6. The Morgan fingerprint density at radius 1 is 1.24 bits per heavy atom. The van der Waals surface area contributed by atoms with Crippen molar-refractivity contribution in [1.82, 2.24) is 19.1 Å². The molecule has 0 radical (unpaired) electrons. The average Bonchev–Trinajstić information content (AvgIpc) is 2.84. The Bertz CT molecular complexity index is 1030. The van der Waals surface area contributed by atoms with Crippen molar-refractivity contribution in [1.29, 1.82) is 0 Å². The molecule has 1 aromatic carbocycles. The fourth-order valence-electron chi connectivity index (χ4n) is 4.52. The molecule has 1 aromatic heterocycles. The molecule has 1 aliphatic rings. The van der Waals surface area contributed by atoms with E-state index < -0.39 is 22.2 Å². The minimum atomic E-state index is -3.92. The van der Waals surface area contributed by atoms with Gasteiger partial charge in [-0.25, -0.2) is 5.48 Å². The lowest BCUT2D eigenvalue weighted by atomic mass is 9.90. The van der Waals surface area contributed by atoms with Crippen LogP contribution in [-0.2, 0) is 21.4 Å². The molecule has 8 nitrogen and oxygen atoms in total. The lowest BCUT2D eigenvalue weighted by molar-refractivity contribution is -0.134. The van der Waals surface area contributed by atoms with Crippen LogP contribution in [0.4, 0.5) is 0 Å². The standard InChI is InChI=1S/C24H33BrN4O4S/c1-18(2)23(24(30)27-31)29(14-4-6-19-5-3-13-26-17-19)34(32,33)28-15-11-21(12-16-28)20-7-9-22(25)10-8-20/h3,5,7-10,13,17-18,21,23,31H,4,6,11-12,14-16H2,1-2H3,(H,27,30). The first-order chi connectivity index (χ1) is 16.2. The monoisotopic (exact) mass is 552 g/mol. The van der Waals surface area contributed by atoms with E-state index in [1.54, 1.807) is 31.7 Å². The van der Waals surface area contributed by atoms with Crippen molar-refractivity contribution in [2.75, 3.05) is 19.6 Å². The zero-order valence-electron chi connectivity index (χ0n) is 19.6. The number of halogens is 1. The van der Waals surface area contributed by atoms with Crippen LogP contribution in [-0.4, -0.2) is 58.8 Å².